The van der Waals surface area contributed by atoms with Crippen LogP contribution < -0.4 is 4.74 Å². The van der Waals surface area contributed by atoms with Crippen molar-refractivity contribution < 1.29 is 9.84 Å². The number of ether oxygens (including phenoxy) is 1. The molecule has 0 aliphatic carbocycles. The quantitative estimate of drug-likeness (QED) is 0.439. The number of rotatable bonds is 6. The van der Waals surface area contributed by atoms with Crippen LogP contribution in [0.25, 0.3) is 33.3 Å². The molecule has 1 saturated heterocycles. The van der Waals surface area contributed by atoms with E-state index in [0.29, 0.717) is 0 Å². The van der Waals surface area contributed by atoms with Gasteiger partial charge in [0.1, 0.15) is 18.1 Å². The van der Waals surface area contributed by atoms with E-state index in [1.54, 1.807) is 12.1 Å². The lowest BCUT2D eigenvalue weighted by Gasteiger charge is -2.15. The molecule has 0 bridgehead atoms. The molecule has 1 aliphatic rings. The van der Waals surface area contributed by atoms with Gasteiger partial charge >= 0.3 is 0 Å². The molecule has 2 heterocycles. The molecule has 1 aromatic heterocycles. The molecule has 4 nitrogen and oxygen atoms in total. The second-order valence-corrected chi connectivity index (χ2v) is 7.89. The maximum atomic E-state index is 9.70. The van der Waals surface area contributed by atoms with Crippen LogP contribution in [-0.2, 0) is 0 Å². The van der Waals surface area contributed by atoms with Crippen molar-refractivity contribution in [3.63, 3.8) is 0 Å². The van der Waals surface area contributed by atoms with E-state index in [-0.39, 0.29) is 5.75 Å². The number of phenolic OH excluding ortho intramolecular Hbond substituents is 1. The Labute approximate surface area is 176 Å². The lowest BCUT2D eigenvalue weighted by molar-refractivity contribution is 0.238. The number of fused-ring (bicyclic) bond motifs is 1. The molecule has 4 heteroatoms. The zero-order valence-corrected chi connectivity index (χ0v) is 17.0. The number of para-hydroxylation sites is 1. The average Bonchev–Trinajstić information content (AvgIpc) is 3.43. The molecule has 0 radical (unpaired) electrons. The van der Waals surface area contributed by atoms with Crippen molar-refractivity contribution >= 4 is 10.9 Å². The van der Waals surface area contributed by atoms with Crippen LogP contribution in [0.4, 0.5) is 0 Å². The molecule has 0 saturated carbocycles. The van der Waals surface area contributed by atoms with Gasteiger partial charge in [0.15, 0.2) is 0 Å². The highest BCUT2D eigenvalue weighted by molar-refractivity contribution is 6.03. The van der Waals surface area contributed by atoms with Gasteiger partial charge in [0.05, 0.1) is 5.69 Å². The third kappa shape index (κ3) is 3.79. The van der Waals surface area contributed by atoms with Gasteiger partial charge in [-0.25, -0.2) is 0 Å². The topological polar surface area (TPSA) is 48.5 Å². The summed E-state index contributed by atoms with van der Waals surface area (Å²) in [5, 5.41) is 10.9. The Kier molecular flexibility index (Phi) is 5.16. The smallest absolute Gasteiger partial charge is 0.119 e. The van der Waals surface area contributed by atoms with E-state index < -0.39 is 0 Å². The van der Waals surface area contributed by atoms with Crippen molar-refractivity contribution in [1.82, 2.24) is 9.88 Å². The third-order valence-corrected chi connectivity index (χ3v) is 5.88. The molecule has 0 spiro atoms. The summed E-state index contributed by atoms with van der Waals surface area (Å²) in [6.07, 6.45) is 2.62. The molecule has 152 valence electrons. The number of aromatic hydroxyl groups is 1. The first-order valence-electron chi connectivity index (χ1n) is 10.6. The highest BCUT2D eigenvalue weighted by Crippen LogP contribution is 2.39. The van der Waals surface area contributed by atoms with Gasteiger partial charge in [-0.2, -0.15) is 0 Å². The molecule has 5 rings (SSSR count). The zero-order valence-electron chi connectivity index (χ0n) is 17.0. The summed E-state index contributed by atoms with van der Waals surface area (Å²) in [4.78, 5) is 6.04. The second-order valence-electron chi connectivity index (χ2n) is 7.89. The molecular formula is C26H26N2O2. The minimum atomic E-state index is 0.274. The fourth-order valence-corrected chi connectivity index (χ4v) is 4.30. The van der Waals surface area contributed by atoms with Gasteiger partial charge in [0.25, 0.3) is 0 Å². The van der Waals surface area contributed by atoms with Crippen molar-refractivity contribution in [3.8, 4) is 33.9 Å². The first-order valence-corrected chi connectivity index (χ1v) is 10.6. The number of H-pyrrole nitrogens is 1. The number of nitrogens with zero attached hydrogens (tertiary/aromatic N) is 1. The van der Waals surface area contributed by atoms with Gasteiger partial charge in [-0.15, -0.1) is 0 Å². The highest BCUT2D eigenvalue weighted by Gasteiger charge is 2.15. The van der Waals surface area contributed by atoms with Crippen LogP contribution >= 0.6 is 0 Å². The van der Waals surface area contributed by atoms with E-state index in [9.17, 15) is 5.11 Å². The minimum absolute atomic E-state index is 0.274. The number of benzene rings is 3. The normalized spacial score (nSPS) is 14.4. The number of hydrogen-bond donors (Lipinski definition) is 2. The Morgan fingerprint density at radius 1 is 0.833 bits per heavy atom. The number of aromatic nitrogens is 1. The van der Waals surface area contributed by atoms with E-state index in [4.69, 9.17) is 4.74 Å². The maximum Gasteiger partial charge on any atom is 0.119 e. The van der Waals surface area contributed by atoms with Gasteiger partial charge in [0.2, 0.25) is 0 Å². The Balaban J connectivity index is 1.42. The number of phenols is 1. The number of likely N-dealkylation sites (tertiary alicyclic amines) is 1. The van der Waals surface area contributed by atoms with E-state index in [2.05, 4.69) is 40.2 Å². The van der Waals surface area contributed by atoms with Gasteiger partial charge in [-0.1, -0.05) is 30.3 Å². The summed E-state index contributed by atoms with van der Waals surface area (Å²) >= 11 is 0. The Morgan fingerprint density at radius 2 is 1.53 bits per heavy atom. The predicted molar refractivity (Wildman–Crippen MR) is 122 cm³/mol. The molecule has 4 aromatic rings. The van der Waals surface area contributed by atoms with Crippen LogP contribution in [0.3, 0.4) is 0 Å². The molecule has 0 unspecified atom stereocenters. The molecule has 30 heavy (non-hydrogen) atoms. The van der Waals surface area contributed by atoms with Crippen LogP contribution in [0.1, 0.15) is 12.8 Å². The Bertz CT molecular complexity index is 1120. The fourth-order valence-electron chi connectivity index (χ4n) is 4.30. The summed E-state index contributed by atoms with van der Waals surface area (Å²) in [7, 11) is 0. The zero-order chi connectivity index (χ0) is 20.3. The molecule has 1 aliphatic heterocycles. The molecule has 0 atom stereocenters. The molecule has 2 N–H and O–H groups in total. The van der Waals surface area contributed by atoms with Crippen LogP contribution in [-0.4, -0.2) is 41.2 Å². The van der Waals surface area contributed by atoms with E-state index in [1.807, 2.05) is 30.3 Å². The van der Waals surface area contributed by atoms with E-state index in [1.165, 1.54) is 31.3 Å². The largest absolute Gasteiger partial charge is 0.508 e. The van der Waals surface area contributed by atoms with Crippen molar-refractivity contribution in [2.45, 2.75) is 12.8 Å². The lowest BCUT2D eigenvalue weighted by atomic mass is 9.98. The van der Waals surface area contributed by atoms with Gasteiger partial charge < -0.3 is 14.8 Å². The Hall–Kier alpha value is -3.24. The average molecular weight is 399 g/mol. The Morgan fingerprint density at radius 3 is 2.30 bits per heavy atom. The van der Waals surface area contributed by atoms with Crippen molar-refractivity contribution in [3.05, 3.63) is 72.8 Å². The SMILES string of the molecule is Oc1ccc(-c2c(-c3ccc(OCCN4CCCC4)cc3)[nH]c3ccccc23)cc1. The number of hydrogen-bond acceptors (Lipinski definition) is 3. The summed E-state index contributed by atoms with van der Waals surface area (Å²) < 4.78 is 5.97. The summed E-state index contributed by atoms with van der Waals surface area (Å²) in [6.45, 7) is 4.12. The molecule has 1 fully saturated rings. The monoisotopic (exact) mass is 398 g/mol. The molecular weight excluding hydrogens is 372 g/mol. The van der Waals surface area contributed by atoms with Gasteiger partial charge in [-0.3, -0.25) is 4.90 Å². The fraction of sp³-hybridized carbons (Fsp3) is 0.231. The number of aromatic amines is 1. The second kappa shape index (κ2) is 8.25. The standard InChI is InChI=1S/C26H26N2O2/c29-21-11-7-19(8-12-21)25-23-5-1-2-6-24(23)27-26(25)20-9-13-22(14-10-20)30-18-17-28-15-3-4-16-28/h1-2,5-14,27,29H,3-4,15-18H2. The number of nitrogens with one attached hydrogen (secondary N) is 1. The summed E-state index contributed by atoms with van der Waals surface area (Å²) in [5.74, 6) is 1.18. The van der Waals surface area contributed by atoms with Crippen LogP contribution in [0.5, 0.6) is 11.5 Å². The molecule has 3 aromatic carbocycles. The maximum absolute atomic E-state index is 9.70. The van der Waals surface area contributed by atoms with E-state index >= 15 is 0 Å². The van der Waals surface area contributed by atoms with Crippen molar-refractivity contribution in [1.29, 1.82) is 0 Å². The first kappa shape index (κ1) is 18.8. The van der Waals surface area contributed by atoms with Gasteiger partial charge in [0, 0.05) is 23.0 Å². The van der Waals surface area contributed by atoms with E-state index in [0.717, 1.165) is 46.8 Å². The summed E-state index contributed by atoms with van der Waals surface area (Å²) in [5.41, 5.74) is 5.51. The van der Waals surface area contributed by atoms with Crippen LogP contribution in [0.2, 0.25) is 0 Å². The lowest BCUT2D eigenvalue weighted by Crippen LogP contribution is -2.25. The van der Waals surface area contributed by atoms with Crippen molar-refractivity contribution in [2.24, 2.45) is 0 Å². The molecule has 0 amide bonds. The summed E-state index contributed by atoms with van der Waals surface area (Å²) in [6, 6.07) is 24.0. The predicted octanol–water partition coefficient (Wildman–Crippen LogP) is 5.68. The minimum Gasteiger partial charge on any atom is -0.508 e. The van der Waals surface area contributed by atoms with Crippen LogP contribution in [0.15, 0.2) is 72.8 Å². The van der Waals surface area contributed by atoms with Crippen LogP contribution in [0, 0.1) is 0 Å². The van der Waals surface area contributed by atoms with Gasteiger partial charge in [-0.05, 0) is 79.5 Å². The third-order valence-electron chi connectivity index (χ3n) is 5.88. The first-order chi connectivity index (χ1) is 14.8. The highest BCUT2D eigenvalue weighted by atomic mass is 16.5. The van der Waals surface area contributed by atoms with Crippen molar-refractivity contribution in [2.75, 3.05) is 26.2 Å².